The van der Waals surface area contributed by atoms with Crippen molar-refractivity contribution < 1.29 is 4.79 Å². The van der Waals surface area contributed by atoms with Crippen molar-refractivity contribution in [1.82, 2.24) is 9.80 Å². The van der Waals surface area contributed by atoms with E-state index in [1.807, 2.05) is 29.2 Å². The van der Waals surface area contributed by atoms with Crippen LogP contribution in [0.5, 0.6) is 0 Å². The fourth-order valence-electron chi connectivity index (χ4n) is 3.26. The molecule has 1 fully saturated rings. The lowest BCUT2D eigenvalue weighted by Gasteiger charge is -2.31. The van der Waals surface area contributed by atoms with Crippen molar-refractivity contribution in [2.45, 2.75) is 45.3 Å². The van der Waals surface area contributed by atoms with Gasteiger partial charge in [-0.15, -0.1) is 0 Å². The van der Waals surface area contributed by atoms with Gasteiger partial charge in [0.1, 0.15) is 0 Å². The SMILES string of the molecule is CC(C)(C)N1CN(Cc2ccccc2)[C@@H](Cc2ccccc2)C1=O. The highest BCUT2D eigenvalue weighted by Gasteiger charge is 2.42. The summed E-state index contributed by atoms with van der Waals surface area (Å²) in [6.45, 7) is 7.81. The van der Waals surface area contributed by atoms with Crippen molar-refractivity contribution in [3.8, 4) is 0 Å². The molecule has 3 heteroatoms. The number of carbonyl (C=O) groups is 1. The standard InChI is InChI=1S/C21H26N2O/c1-21(2,3)23-16-22(15-18-12-8-5-9-13-18)19(20(23)24)14-17-10-6-4-7-11-17/h4-13,19H,14-16H2,1-3H3/t19-/m0/s1. The van der Waals surface area contributed by atoms with Gasteiger partial charge in [0.25, 0.3) is 0 Å². The fraction of sp³-hybridized carbons (Fsp3) is 0.381. The lowest BCUT2D eigenvalue weighted by Crippen LogP contribution is -2.44. The van der Waals surface area contributed by atoms with E-state index in [0.29, 0.717) is 6.67 Å². The van der Waals surface area contributed by atoms with Crippen LogP contribution in [-0.2, 0) is 17.8 Å². The van der Waals surface area contributed by atoms with E-state index in [-0.39, 0.29) is 17.5 Å². The fourth-order valence-corrected chi connectivity index (χ4v) is 3.26. The van der Waals surface area contributed by atoms with Crippen LogP contribution in [0.15, 0.2) is 60.7 Å². The minimum Gasteiger partial charge on any atom is -0.323 e. The van der Waals surface area contributed by atoms with Crippen LogP contribution in [0.3, 0.4) is 0 Å². The molecule has 1 atom stereocenters. The Morgan fingerprint density at radius 1 is 0.917 bits per heavy atom. The summed E-state index contributed by atoms with van der Waals surface area (Å²) >= 11 is 0. The molecule has 0 aromatic heterocycles. The van der Waals surface area contributed by atoms with Gasteiger partial charge in [0.05, 0.1) is 12.7 Å². The Kier molecular flexibility index (Phi) is 4.72. The molecule has 1 saturated heterocycles. The molecule has 0 bridgehead atoms. The molecule has 24 heavy (non-hydrogen) atoms. The minimum absolute atomic E-state index is 0.0909. The van der Waals surface area contributed by atoms with E-state index in [1.165, 1.54) is 11.1 Å². The van der Waals surface area contributed by atoms with E-state index >= 15 is 0 Å². The summed E-state index contributed by atoms with van der Waals surface area (Å²) in [5, 5.41) is 0. The Bertz CT molecular complexity index is 676. The number of nitrogens with zero attached hydrogens (tertiary/aromatic N) is 2. The van der Waals surface area contributed by atoms with Crippen LogP contribution in [-0.4, -0.2) is 34.0 Å². The van der Waals surface area contributed by atoms with Crippen molar-refractivity contribution in [2.75, 3.05) is 6.67 Å². The molecule has 0 radical (unpaired) electrons. The van der Waals surface area contributed by atoms with E-state index in [1.54, 1.807) is 0 Å². The maximum Gasteiger partial charge on any atom is 0.241 e. The molecule has 2 aromatic carbocycles. The van der Waals surface area contributed by atoms with Crippen molar-refractivity contribution in [3.63, 3.8) is 0 Å². The molecule has 0 spiro atoms. The smallest absolute Gasteiger partial charge is 0.241 e. The first kappa shape index (κ1) is 16.7. The van der Waals surface area contributed by atoms with Gasteiger partial charge in [0, 0.05) is 12.1 Å². The van der Waals surface area contributed by atoms with Gasteiger partial charge in [-0.2, -0.15) is 0 Å². The Labute approximate surface area is 144 Å². The second-order valence-electron chi connectivity index (χ2n) is 7.52. The monoisotopic (exact) mass is 322 g/mol. The van der Waals surface area contributed by atoms with E-state index in [0.717, 1.165) is 13.0 Å². The highest BCUT2D eigenvalue weighted by atomic mass is 16.2. The molecule has 3 nitrogen and oxygen atoms in total. The summed E-state index contributed by atoms with van der Waals surface area (Å²) < 4.78 is 0. The zero-order valence-electron chi connectivity index (χ0n) is 14.8. The predicted molar refractivity (Wildman–Crippen MR) is 97.4 cm³/mol. The quantitative estimate of drug-likeness (QED) is 0.857. The number of hydrogen-bond acceptors (Lipinski definition) is 2. The third kappa shape index (κ3) is 3.68. The lowest BCUT2D eigenvalue weighted by atomic mass is 10.0. The van der Waals surface area contributed by atoms with E-state index in [2.05, 4.69) is 62.1 Å². The second kappa shape index (κ2) is 6.78. The molecular formula is C21H26N2O. The van der Waals surface area contributed by atoms with Crippen LogP contribution in [0.25, 0.3) is 0 Å². The van der Waals surface area contributed by atoms with Gasteiger partial charge < -0.3 is 4.90 Å². The minimum atomic E-state index is -0.155. The molecule has 0 saturated carbocycles. The maximum atomic E-state index is 13.0. The molecule has 1 aliphatic rings. The molecule has 0 unspecified atom stereocenters. The Morgan fingerprint density at radius 3 is 2.00 bits per heavy atom. The number of hydrogen-bond donors (Lipinski definition) is 0. The topological polar surface area (TPSA) is 23.6 Å². The highest BCUT2D eigenvalue weighted by Crippen LogP contribution is 2.27. The normalized spacial score (nSPS) is 19.0. The van der Waals surface area contributed by atoms with Crippen LogP contribution in [0, 0.1) is 0 Å². The van der Waals surface area contributed by atoms with Crippen LogP contribution in [0.2, 0.25) is 0 Å². The summed E-state index contributed by atoms with van der Waals surface area (Å²) in [6, 6.07) is 20.6. The van der Waals surface area contributed by atoms with Gasteiger partial charge in [0.2, 0.25) is 5.91 Å². The number of benzene rings is 2. The summed E-state index contributed by atoms with van der Waals surface area (Å²) in [7, 11) is 0. The molecule has 0 N–H and O–H groups in total. The molecule has 2 aromatic rings. The first-order valence-electron chi connectivity index (χ1n) is 8.58. The summed E-state index contributed by atoms with van der Waals surface area (Å²) in [5.41, 5.74) is 2.31. The third-order valence-electron chi connectivity index (χ3n) is 4.63. The Morgan fingerprint density at radius 2 is 1.46 bits per heavy atom. The molecule has 0 aliphatic carbocycles. The van der Waals surface area contributed by atoms with E-state index < -0.39 is 0 Å². The first-order chi connectivity index (χ1) is 11.4. The van der Waals surface area contributed by atoms with Crippen LogP contribution >= 0.6 is 0 Å². The number of amides is 1. The highest BCUT2D eigenvalue weighted by molar-refractivity contribution is 5.84. The predicted octanol–water partition coefficient (Wildman–Crippen LogP) is 3.70. The average Bonchev–Trinajstić information content (AvgIpc) is 2.86. The average molecular weight is 322 g/mol. The summed E-state index contributed by atoms with van der Waals surface area (Å²) in [6.07, 6.45) is 0.763. The van der Waals surface area contributed by atoms with Crippen LogP contribution in [0.4, 0.5) is 0 Å². The molecule has 126 valence electrons. The molecular weight excluding hydrogens is 296 g/mol. The van der Waals surface area contributed by atoms with Crippen LogP contribution in [0.1, 0.15) is 31.9 Å². The lowest BCUT2D eigenvalue weighted by molar-refractivity contribution is -0.132. The Balaban J connectivity index is 1.84. The second-order valence-corrected chi connectivity index (χ2v) is 7.52. The van der Waals surface area contributed by atoms with Crippen LogP contribution < -0.4 is 0 Å². The zero-order chi connectivity index (χ0) is 17.2. The van der Waals surface area contributed by atoms with Gasteiger partial charge in [-0.1, -0.05) is 60.7 Å². The van der Waals surface area contributed by atoms with Gasteiger partial charge in [-0.3, -0.25) is 9.69 Å². The molecule has 1 aliphatic heterocycles. The first-order valence-corrected chi connectivity index (χ1v) is 8.58. The number of carbonyl (C=O) groups excluding carboxylic acids is 1. The van der Waals surface area contributed by atoms with Gasteiger partial charge in [0.15, 0.2) is 0 Å². The Hall–Kier alpha value is -2.13. The van der Waals surface area contributed by atoms with Crippen molar-refractivity contribution in [1.29, 1.82) is 0 Å². The van der Waals surface area contributed by atoms with Gasteiger partial charge in [-0.05, 0) is 38.3 Å². The van der Waals surface area contributed by atoms with Crippen molar-refractivity contribution in [3.05, 3.63) is 71.8 Å². The van der Waals surface area contributed by atoms with Crippen molar-refractivity contribution >= 4 is 5.91 Å². The maximum absolute atomic E-state index is 13.0. The molecule has 1 heterocycles. The molecule has 3 rings (SSSR count). The van der Waals surface area contributed by atoms with Gasteiger partial charge >= 0.3 is 0 Å². The molecule has 1 amide bonds. The number of rotatable bonds is 4. The summed E-state index contributed by atoms with van der Waals surface area (Å²) in [5.74, 6) is 0.238. The zero-order valence-corrected chi connectivity index (χ0v) is 14.8. The van der Waals surface area contributed by atoms with Crippen molar-refractivity contribution in [2.24, 2.45) is 0 Å². The largest absolute Gasteiger partial charge is 0.323 e. The van der Waals surface area contributed by atoms with E-state index in [4.69, 9.17) is 0 Å². The van der Waals surface area contributed by atoms with Gasteiger partial charge in [-0.25, -0.2) is 0 Å². The van der Waals surface area contributed by atoms with E-state index in [9.17, 15) is 4.79 Å². The summed E-state index contributed by atoms with van der Waals surface area (Å²) in [4.78, 5) is 17.3. The third-order valence-corrected chi connectivity index (χ3v) is 4.63.